The highest BCUT2D eigenvalue weighted by Gasteiger charge is 2.20. The summed E-state index contributed by atoms with van der Waals surface area (Å²) in [6.45, 7) is 4.31. The second kappa shape index (κ2) is 7.83. The Labute approximate surface area is 162 Å². The van der Waals surface area contributed by atoms with Gasteiger partial charge in [0.15, 0.2) is 0 Å². The number of fused-ring (bicyclic) bond motifs is 1. The average molecular weight is 381 g/mol. The Balaban J connectivity index is 1.44. The number of hydrogen-bond acceptors (Lipinski definition) is 7. The standard InChI is InChI=1S/C20H23N5O3/c1-2-17-19(22-4-1)8-18(14-9-23-25(11-14)15-3-6-26-12-15)24-20(17)28-13-16-10-21-5-7-27-16/h1-2,4,8-9,11,15-16,21H,3,5-7,10,12-13H2/t15-,16-/m0/s1. The van der Waals surface area contributed by atoms with Crippen molar-refractivity contribution in [2.75, 3.05) is 39.5 Å². The van der Waals surface area contributed by atoms with E-state index in [-0.39, 0.29) is 6.10 Å². The zero-order valence-corrected chi connectivity index (χ0v) is 15.6. The molecule has 28 heavy (non-hydrogen) atoms. The maximum atomic E-state index is 6.06. The van der Waals surface area contributed by atoms with Crippen LogP contribution in [0.4, 0.5) is 0 Å². The molecule has 2 aliphatic heterocycles. The lowest BCUT2D eigenvalue weighted by Gasteiger charge is -2.23. The molecule has 0 spiro atoms. The Hall–Kier alpha value is -2.55. The summed E-state index contributed by atoms with van der Waals surface area (Å²) in [4.78, 5) is 9.27. The molecule has 0 amide bonds. The van der Waals surface area contributed by atoms with Gasteiger partial charge in [-0.1, -0.05) is 0 Å². The number of aromatic nitrogens is 4. The molecule has 146 valence electrons. The number of hydrogen-bond donors (Lipinski definition) is 1. The zero-order valence-electron chi connectivity index (χ0n) is 15.6. The van der Waals surface area contributed by atoms with E-state index in [9.17, 15) is 0 Å². The van der Waals surface area contributed by atoms with Gasteiger partial charge in [0.1, 0.15) is 12.7 Å². The molecule has 0 saturated carbocycles. The summed E-state index contributed by atoms with van der Waals surface area (Å²) in [5, 5.41) is 8.72. The first-order valence-electron chi connectivity index (χ1n) is 9.70. The zero-order chi connectivity index (χ0) is 18.8. The topological polar surface area (TPSA) is 83.3 Å². The lowest BCUT2D eigenvalue weighted by molar-refractivity contribution is -0.000365. The van der Waals surface area contributed by atoms with Gasteiger partial charge >= 0.3 is 0 Å². The highest BCUT2D eigenvalue weighted by Crippen LogP contribution is 2.29. The van der Waals surface area contributed by atoms with E-state index >= 15 is 0 Å². The Morgan fingerprint density at radius 2 is 2.32 bits per heavy atom. The summed E-state index contributed by atoms with van der Waals surface area (Å²) in [6, 6.07) is 6.15. The molecule has 0 radical (unpaired) electrons. The maximum Gasteiger partial charge on any atom is 0.223 e. The lowest BCUT2D eigenvalue weighted by Crippen LogP contribution is -2.41. The van der Waals surface area contributed by atoms with Crippen LogP contribution in [0.15, 0.2) is 36.8 Å². The monoisotopic (exact) mass is 381 g/mol. The fraction of sp³-hybridized carbons (Fsp3) is 0.450. The number of pyridine rings is 2. The molecule has 8 heteroatoms. The summed E-state index contributed by atoms with van der Waals surface area (Å²) < 4.78 is 19.2. The van der Waals surface area contributed by atoms with Crippen molar-refractivity contribution < 1.29 is 14.2 Å². The van der Waals surface area contributed by atoms with Crippen molar-refractivity contribution in [1.29, 1.82) is 0 Å². The molecule has 5 heterocycles. The van der Waals surface area contributed by atoms with Gasteiger partial charge in [0, 0.05) is 37.7 Å². The van der Waals surface area contributed by atoms with E-state index in [1.165, 1.54) is 0 Å². The van der Waals surface area contributed by atoms with Crippen molar-refractivity contribution in [3.63, 3.8) is 0 Å². The van der Waals surface area contributed by atoms with Crippen molar-refractivity contribution in [3.05, 3.63) is 36.8 Å². The SMILES string of the molecule is c1cnc2cc(-c3cnn([C@H]4CCOC4)c3)nc(OC[C@@H]3CNCCO3)c2c1. The van der Waals surface area contributed by atoms with E-state index in [2.05, 4.69) is 15.4 Å². The fourth-order valence-corrected chi connectivity index (χ4v) is 3.60. The largest absolute Gasteiger partial charge is 0.474 e. The normalized spacial score (nSPS) is 22.6. The molecule has 3 aromatic heterocycles. The van der Waals surface area contributed by atoms with Crippen LogP contribution in [0.25, 0.3) is 22.2 Å². The van der Waals surface area contributed by atoms with Crippen molar-refractivity contribution in [3.8, 4) is 17.1 Å². The van der Waals surface area contributed by atoms with Crippen LogP contribution in [0, 0.1) is 0 Å². The van der Waals surface area contributed by atoms with Crippen molar-refractivity contribution in [2.24, 2.45) is 0 Å². The van der Waals surface area contributed by atoms with E-state index in [0.29, 0.717) is 31.7 Å². The second-order valence-electron chi connectivity index (χ2n) is 7.12. The molecule has 2 aliphatic rings. The third-order valence-electron chi connectivity index (χ3n) is 5.15. The molecule has 0 unspecified atom stereocenters. The van der Waals surface area contributed by atoms with Gasteiger partial charge in [-0.2, -0.15) is 5.10 Å². The van der Waals surface area contributed by atoms with Crippen LogP contribution in [-0.4, -0.2) is 65.4 Å². The number of rotatable bonds is 5. The fourth-order valence-electron chi connectivity index (χ4n) is 3.60. The first kappa shape index (κ1) is 17.5. The first-order chi connectivity index (χ1) is 13.9. The van der Waals surface area contributed by atoms with Crippen molar-refractivity contribution in [2.45, 2.75) is 18.6 Å². The molecule has 2 fully saturated rings. The quantitative estimate of drug-likeness (QED) is 0.722. The van der Waals surface area contributed by atoms with Gasteiger partial charge in [0.2, 0.25) is 5.88 Å². The van der Waals surface area contributed by atoms with Crippen LogP contribution >= 0.6 is 0 Å². The molecular formula is C20H23N5O3. The van der Waals surface area contributed by atoms with Gasteiger partial charge in [-0.15, -0.1) is 0 Å². The molecule has 0 bridgehead atoms. The summed E-state index contributed by atoms with van der Waals surface area (Å²) in [7, 11) is 0. The molecule has 1 N–H and O–H groups in total. The third-order valence-corrected chi connectivity index (χ3v) is 5.15. The molecule has 2 saturated heterocycles. The number of nitrogens with one attached hydrogen (secondary N) is 1. The lowest BCUT2D eigenvalue weighted by atomic mass is 10.1. The molecule has 8 nitrogen and oxygen atoms in total. The van der Waals surface area contributed by atoms with Crippen LogP contribution in [-0.2, 0) is 9.47 Å². The van der Waals surface area contributed by atoms with E-state index in [0.717, 1.165) is 48.3 Å². The summed E-state index contributed by atoms with van der Waals surface area (Å²) >= 11 is 0. The van der Waals surface area contributed by atoms with Gasteiger partial charge in [0.25, 0.3) is 0 Å². The van der Waals surface area contributed by atoms with E-state index < -0.39 is 0 Å². The van der Waals surface area contributed by atoms with Gasteiger partial charge in [0.05, 0.1) is 42.0 Å². The van der Waals surface area contributed by atoms with Crippen molar-refractivity contribution >= 4 is 10.9 Å². The minimum absolute atomic E-state index is 0.0241. The van der Waals surface area contributed by atoms with Crippen LogP contribution < -0.4 is 10.1 Å². The van der Waals surface area contributed by atoms with E-state index in [4.69, 9.17) is 19.2 Å². The minimum atomic E-state index is 0.0241. The number of morpholine rings is 1. The predicted octanol–water partition coefficient (Wildman–Crippen LogP) is 1.82. The van der Waals surface area contributed by atoms with E-state index in [1.54, 1.807) is 6.20 Å². The minimum Gasteiger partial charge on any atom is -0.474 e. The Bertz CT molecular complexity index is 948. The van der Waals surface area contributed by atoms with Gasteiger partial charge in [-0.05, 0) is 24.6 Å². The van der Waals surface area contributed by atoms with Crippen LogP contribution in [0.5, 0.6) is 5.88 Å². The highest BCUT2D eigenvalue weighted by atomic mass is 16.5. The Kier molecular flexibility index (Phi) is 4.90. The predicted molar refractivity (Wildman–Crippen MR) is 103 cm³/mol. The summed E-state index contributed by atoms with van der Waals surface area (Å²) in [5.41, 5.74) is 2.59. The summed E-state index contributed by atoms with van der Waals surface area (Å²) in [6.07, 6.45) is 6.65. The van der Waals surface area contributed by atoms with Crippen LogP contribution in [0.3, 0.4) is 0 Å². The molecule has 0 aliphatic carbocycles. The molecule has 0 aromatic carbocycles. The number of ether oxygens (including phenoxy) is 3. The highest BCUT2D eigenvalue weighted by molar-refractivity contribution is 5.86. The van der Waals surface area contributed by atoms with Crippen LogP contribution in [0.1, 0.15) is 12.5 Å². The maximum absolute atomic E-state index is 6.06. The van der Waals surface area contributed by atoms with Gasteiger partial charge < -0.3 is 19.5 Å². The molecule has 5 rings (SSSR count). The molecule has 3 aromatic rings. The van der Waals surface area contributed by atoms with Gasteiger partial charge in [-0.3, -0.25) is 9.67 Å². The second-order valence-corrected chi connectivity index (χ2v) is 7.12. The average Bonchev–Trinajstić information content (AvgIpc) is 3.44. The van der Waals surface area contributed by atoms with Crippen molar-refractivity contribution in [1.82, 2.24) is 25.1 Å². The molecular weight excluding hydrogens is 358 g/mol. The van der Waals surface area contributed by atoms with Gasteiger partial charge in [-0.25, -0.2) is 4.98 Å². The Morgan fingerprint density at radius 1 is 1.32 bits per heavy atom. The summed E-state index contributed by atoms with van der Waals surface area (Å²) in [5.74, 6) is 0.576. The third kappa shape index (κ3) is 3.58. The van der Waals surface area contributed by atoms with E-state index in [1.807, 2.05) is 35.3 Å². The number of nitrogens with zero attached hydrogens (tertiary/aromatic N) is 4. The smallest absolute Gasteiger partial charge is 0.223 e. The first-order valence-corrected chi connectivity index (χ1v) is 9.70. The van der Waals surface area contributed by atoms with Crippen LogP contribution in [0.2, 0.25) is 0 Å². The Morgan fingerprint density at radius 3 is 3.18 bits per heavy atom. The molecule has 2 atom stereocenters.